The maximum absolute atomic E-state index is 12.2. The monoisotopic (exact) mass is 454 g/mol. The van der Waals surface area contributed by atoms with Gasteiger partial charge < -0.3 is 9.47 Å². The predicted molar refractivity (Wildman–Crippen MR) is 101 cm³/mol. The van der Waals surface area contributed by atoms with Crippen LogP contribution >= 0.6 is 31.9 Å². The zero-order valence-electron chi connectivity index (χ0n) is 13.4. The summed E-state index contributed by atoms with van der Waals surface area (Å²) >= 11 is 6.96. The van der Waals surface area contributed by atoms with Gasteiger partial charge in [-0.2, -0.15) is 5.10 Å². The summed E-state index contributed by atoms with van der Waals surface area (Å²) in [5.74, 6) is 0.721. The van der Waals surface area contributed by atoms with E-state index in [0.717, 1.165) is 20.1 Å². The number of hydrazone groups is 1. The van der Waals surface area contributed by atoms with E-state index in [4.69, 9.17) is 9.47 Å². The maximum Gasteiger partial charge on any atom is 0.271 e. The predicted octanol–water partition coefficient (Wildman–Crippen LogP) is 4.30. The number of hydrogen-bond acceptors (Lipinski definition) is 4. The molecule has 2 rings (SSSR count). The van der Waals surface area contributed by atoms with Gasteiger partial charge in [0, 0.05) is 20.6 Å². The average molecular weight is 456 g/mol. The summed E-state index contributed by atoms with van der Waals surface area (Å²) in [6, 6.07) is 8.77. The van der Waals surface area contributed by atoms with Crippen LogP contribution in [0.5, 0.6) is 11.5 Å². The van der Waals surface area contributed by atoms with Gasteiger partial charge in [0.15, 0.2) is 0 Å². The van der Waals surface area contributed by atoms with Crippen LogP contribution in [0, 0.1) is 6.92 Å². The molecule has 0 spiro atoms. The molecule has 24 heavy (non-hydrogen) atoms. The van der Waals surface area contributed by atoms with Crippen LogP contribution in [-0.4, -0.2) is 26.3 Å². The summed E-state index contributed by atoms with van der Waals surface area (Å²) in [4.78, 5) is 12.2. The maximum atomic E-state index is 12.2. The van der Waals surface area contributed by atoms with Gasteiger partial charge in [-0.3, -0.25) is 4.79 Å². The topological polar surface area (TPSA) is 59.9 Å². The molecule has 0 unspecified atom stereocenters. The quantitative estimate of drug-likeness (QED) is 0.540. The summed E-state index contributed by atoms with van der Waals surface area (Å²) in [7, 11) is 3.06. The molecule has 2 aromatic carbocycles. The van der Waals surface area contributed by atoms with E-state index in [1.54, 1.807) is 24.4 Å². The third-order valence-electron chi connectivity index (χ3n) is 3.30. The van der Waals surface area contributed by atoms with Crippen molar-refractivity contribution in [2.24, 2.45) is 5.10 Å². The lowest BCUT2D eigenvalue weighted by atomic mass is 10.2. The van der Waals surface area contributed by atoms with E-state index < -0.39 is 0 Å². The first kappa shape index (κ1) is 18.5. The van der Waals surface area contributed by atoms with Crippen LogP contribution < -0.4 is 14.9 Å². The molecule has 7 heteroatoms. The Bertz CT molecular complexity index is 746. The molecule has 2 aromatic rings. The van der Waals surface area contributed by atoms with Crippen molar-refractivity contribution in [3.05, 3.63) is 56.0 Å². The molecular weight excluding hydrogens is 440 g/mol. The van der Waals surface area contributed by atoms with Crippen LogP contribution in [0.15, 0.2) is 44.4 Å². The van der Waals surface area contributed by atoms with Crippen molar-refractivity contribution in [3.63, 3.8) is 0 Å². The Morgan fingerprint density at radius 3 is 2.08 bits per heavy atom. The van der Waals surface area contributed by atoms with Gasteiger partial charge in [0.25, 0.3) is 5.91 Å². The van der Waals surface area contributed by atoms with Gasteiger partial charge in [0.1, 0.15) is 11.5 Å². The van der Waals surface area contributed by atoms with E-state index in [1.165, 1.54) is 14.2 Å². The molecule has 0 saturated carbocycles. The molecule has 1 amide bonds. The van der Waals surface area contributed by atoms with Crippen LogP contribution in [0.3, 0.4) is 0 Å². The second kappa shape index (κ2) is 8.30. The molecule has 0 aromatic heterocycles. The third kappa shape index (κ3) is 4.58. The standard InChI is InChI=1S/C17H16Br2N2O3/c1-10-15(18)4-11(5-16(10)19)9-20-21-17(22)12-6-13(23-2)8-14(7-12)24-3/h4-9H,1-3H3,(H,21,22)/b20-9-. The molecule has 0 aliphatic rings. The fourth-order valence-corrected chi connectivity index (χ4v) is 3.13. The first-order chi connectivity index (χ1) is 11.4. The van der Waals surface area contributed by atoms with Crippen molar-refractivity contribution in [1.29, 1.82) is 0 Å². The highest BCUT2D eigenvalue weighted by atomic mass is 79.9. The number of rotatable bonds is 5. The van der Waals surface area contributed by atoms with Crippen LogP contribution in [0.2, 0.25) is 0 Å². The van der Waals surface area contributed by atoms with Crippen molar-refractivity contribution >= 4 is 44.0 Å². The van der Waals surface area contributed by atoms with Crippen LogP contribution in [0.1, 0.15) is 21.5 Å². The van der Waals surface area contributed by atoms with E-state index in [9.17, 15) is 4.79 Å². The minimum atomic E-state index is -0.353. The molecule has 0 fully saturated rings. The average Bonchev–Trinajstić information content (AvgIpc) is 2.58. The molecular formula is C17H16Br2N2O3. The Labute approximate surface area is 157 Å². The summed E-state index contributed by atoms with van der Waals surface area (Å²) in [5.41, 5.74) is 4.84. The lowest BCUT2D eigenvalue weighted by molar-refractivity contribution is 0.0954. The number of nitrogens with zero attached hydrogens (tertiary/aromatic N) is 1. The summed E-state index contributed by atoms with van der Waals surface area (Å²) < 4.78 is 12.2. The summed E-state index contributed by atoms with van der Waals surface area (Å²) in [6.07, 6.45) is 1.57. The Kier molecular flexibility index (Phi) is 6.39. The van der Waals surface area contributed by atoms with E-state index in [1.807, 2.05) is 19.1 Å². The molecule has 0 aliphatic heterocycles. The van der Waals surface area contributed by atoms with E-state index in [-0.39, 0.29) is 5.91 Å². The lowest BCUT2D eigenvalue weighted by Crippen LogP contribution is -2.17. The number of nitrogens with one attached hydrogen (secondary N) is 1. The van der Waals surface area contributed by atoms with Crippen molar-refractivity contribution < 1.29 is 14.3 Å². The van der Waals surface area contributed by atoms with Crippen LogP contribution in [-0.2, 0) is 0 Å². The number of carbonyl (C=O) groups excluding carboxylic acids is 1. The van der Waals surface area contributed by atoms with Gasteiger partial charge in [-0.1, -0.05) is 31.9 Å². The SMILES string of the molecule is COc1cc(OC)cc(C(=O)N/N=C\c2cc(Br)c(C)c(Br)c2)c1. The fraction of sp³-hybridized carbons (Fsp3) is 0.176. The largest absolute Gasteiger partial charge is 0.497 e. The Morgan fingerprint density at radius 2 is 1.58 bits per heavy atom. The van der Waals surface area contributed by atoms with Crippen LogP contribution in [0.4, 0.5) is 0 Å². The highest BCUT2D eigenvalue weighted by Crippen LogP contribution is 2.25. The molecule has 126 valence electrons. The molecule has 5 nitrogen and oxygen atoms in total. The number of methoxy groups -OCH3 is 2. The van der Waals surface area contributed by atoms with Crippen molar-refractivity contribution in [3.8, 4) is 11.5 Å². The molecule has 0 saturated heterocycles. The normalized spacial score (nSPS) is 10.7. The summed E-state index contributed by atoms with van der Waals surface area (Å²) in [5, 5.41) is 3.99. The van der Waals surface area contributed by atoms with Crippen LogP contribution in [0.25, 0.3) is 0 Å². The fourth-order valence-electron chi connectivity index (χ4n) is 1.91. The Balaban J connectivity index is 2.13. The minimum Gasteiger partial charge on any atom is -0.497 e. The van der Waals surface area contributed by atoms with E-state index >= 15 is 0 Å². The highest BCUT2D eigenvalue weighted by molar-refractivity contribution is 9.11. The molecule has 0 aliphatic carbocycles. The first-order valence-corrected chi connectivity index (χ1v) is 8.55. The number of carbonyl (C=O) groups is 1. The molecule has 0 atom stereocenters. The third-order valence-corrected chi connectivity index (χ3v) is 4.94. The number of hydrogen-bond donors (Lipinski definition) is 1. The number of benzene rings is 2. The second-order valence-electron chi connectivity index (χ2n) is 4.91. The zero-order valence-corrected chi connectivity index (χ0v) is 16.6. The molecule has 0 radical (unpaired) electrons. The van der Waals surface area contributed by atoms with Gasteiger partial charge in [0.2, 0.25) is 0 Å². The Hall–Kier alpha value is -1.86. The lowest BCUT2D eigenvalue weighted by Gasteiger charge is -2.07. The van der Waals surface area contributed by atoms with Crippen molar-refractivity contribution in [2.75, 3.05) is 14.2 Å². The molecule has 1 N–H and O–H groups in total. The minimum absolute atomic E-state index is 0.353. The highest BCUT2D eigenvalue weighted by Gasteiger charge is 2.09. The second-order valence-corrected chi connectivity index (χ2v) is 6.62. The van der Waals surface area contributed by atoms with Crippen molar-refractivity contribution in [2.45, 2.75) is 6.92 Å². The number of amides is 1. The molecule has 0 bridgehead atoms. The van der Waals surface area contributed by atoms with E-state index in [2.05, 4.69) is 42.4 Å². The van der Waals surface area contributed by atoms with Gasteiger partial charge >= 0.3 is 0 Å². The summed E-state index contributed by atoms with van der Waals surface area (Å²) in [6.45, 7) is 1.99. The van der Waals surface area contributed by atoms with Gasteiger partial charge in [0.05, 0.1) is 20.4 Å². The zero-order chi connectivity index (χ0) is 17.7. The van der Waals surface area contributed by atoms with Crippen molar-refractivity contribution in [1.82, 2.24) is 5.43 Å². The number of halogens is 2. The van der Waals surface area contributed by atoms with Gasteiger partial charge in [-0.05, 0) is 42.3 Å². The first-order valence-electron chi connectivity index (χ1n) is 6.96. The van der Waals surface area contributed by atoms with E-state index in [0.29, 0.717) is 17.1 Å². The Morgan fingerprint density at radius 1 is 1.04 bits per heavy atom. The smallest absolute Gasteiger partial charge is 0.271 e. The number of ether oxygens (including phenoxy) is 2. The van der Waals surface area contributed by atoms with Gasteiger partial charge in [-0.15, -0.1) is 0 Å². The van der Waals surface area contributed by atoms with Gasteiger partial charge in [-0.25, -0.2) is 5.43 Å². The molecule has 0 heterocycles.